The van der Waals surface area contributed by atoms with E-state index in [9.17, 15) is 4.79 Å². The lowest BCUT2D eigenvalue weighted by Crippen LogP contribution is -2.22. The molecule has 0 radical (unpaired) electrons. The summed E-state index contributed by atoms with van der Waals surface area (Å²) < 4.78 is 2.54. The van der Waals surface area contributed by atoms with E-state index in [0.717, 1.165) is 51.2 Å². The maximum absolute atomic E-state index is 13.3. The van der Waals surface area contributed by atoms with E-state index in [1.165, 1.54) is 11.3 Å². The van der Waals surface area contributed by atoms with E-state index < -0.39 is 0 Å². The van der Waals surface area contributed by atoms with Gasteiger partial charge in [0.1, 0.15) is 15.4 Å². The lowest BCUT2D eigenvalue weighted by atomic mass is 10.1. The van der Waals surface area contributed by atoms with Crippen LogP contribution in [-0.2, 0) is 6.54 Å². The average Bonchev–Trinajstić information content (AvgIpc) is 3.00. The minimum absolute atomic E-state index is 0.0438. The van der Waals surface area contributed by atoms with Crippen molar-refractivity contribution in [3.63, 3.8) is 0 Å². The van der Waals surface area contributed by atoms with Crippen molar-refractivity contribution in [3.8, 4) is 11.4 Å². The molecule has 0 unspecified atom stereocenters. The number of aryl methyl sites for hydroxylation is 2. The van der Waals surface area contributed by atoms with Gasteiger partial charge < -0.3 is 0 Å². The molecule has 26 heavy (non-hydrogen) atoms. The molecule has 4 nitrogen and oxygen atoms in total. The highest BCUT2D eigenvalue weighted by Crippen LogP contribution is 2.33. The summed E-state index contributed by atoms with van der Waals surface area (Å²) in [5.74, 6) is 0.747. The van der Waals surface area contributed by atoms with Gasteiger partial charge in [0.15, 0.2) is 0 Å². The third-order valence-electron chi connectivity index (χ3n) is 4.64. The Bertz CT molecular complexity index is 1160. The second-order valence-electron chi connectivity index (χ2n) is 6.65. The molecule has 0 aliphatic heterocycles. The zero-order valence-electron chi connectivity index (χ0n) is 15.2. The molecule has 0 aliphatic carbocycles. The topological polar surface area (TPSA) is 47.8 Å². The fourth-order valence-electron chi connectivity index (χ4n) is 3.39. The van der Waals surface area contributed by atoms with Gasteiger partial charge in [0.2, 0.25) is 0 Å². The Balaban J connectivity index is 2.11. The van der Waals surface area contributed by atoms with Crippen LogP contribution in [0.4, 0.5) is 0 Å². The predicted octanol–water partition coefficient (Wildman–Crippen LogP) is 5.09. The van der Waals surface area contributed by atoms with Gasteiger partial charge in [0.25, 0.3) is 5.56 Å². The number of aromatic nitrogens is 3. The number of benzene rings is 1. The third kappa shape index (κ3) is 2.72. The normalized spacial score (nSPS) is 11.5. The average molecular weight is 363 g/mol. The molecule has 0 N–H and O–H groups in total. The van der Waals surface area contributed by atoms with Gasteiger partial charge in [-0.3, -0.25) is 9.36 Å². The maximum Gasteiger partial charge on any atom is 0.271 e. The first-order valence-corrected chi connectivity index (χ1v) is 9.78. The zero-order valence-corrected chi connectivity index (χ0v) is 16.1. The van der Waals surface area contributed by atoms with E-state index in [1.54, 1.807) is 0 Å². The molecule has 4 aromatic rings. The quantitative estimate of drug-likeness (QED) is 0.507. The molecule has 1 aromatic carbocycles. The third-order valence-corrected chi connectivity index (χ3v) is 5.70. The van der Waals surface area contributed by atoms with Gasteiger partial charge in [-0.1, -0.05) is 43.7 Å². The molecule has 0 atom stereocenters. The number of thiophene rings is 1. The fraction of sp³-hybridized carbons (Fsp3) is 0.286. The lowest BCUT2D eigenvalue weighted by Gasteiger charge is -2.12. The number of hydrogen-bond donors (Lipinski definition) is 0. The van der Waals surface area contributed by atoms with Crippen LogP contribution in [0.1, 0.15) is 31.0 Å². The Kier molecular flexibility index (Phi) is 4.32. The molecule has 5 heteroatoms. The van der Waals surface area contributed by atoms with Crippen LogP contribution >= 0.6 is 11.3 Å². The van der Waals surface area contributed by atoms with Gasteiger partial charge in [-0.2, -0.15) is 0 Å². The lowest BCUT2D eigenvalue weighted by molar-refractivity contribution is 0.616. The van der Waals surface area contributed by atoms with Gasteiger partial charge >= 0.3 is 0 Å². The number of rotatable bonds is 4. The van der Waals surface area contributed by atoms with E-state index in [2.05, 4.69) is 24.9 Å². The van der Waals surface area contributed by atoms with Crippen molar-refractivity contribution < 1.29 is 0 Å². The van der Waals surface area contributed by atoms with E-state index in [0.29, 0.717) is 11.2 Å². The molecule has 0 amide bonds. The van der Waals surface area contributed by atoms with Crippen LogP contribution in [0.15, 0.2) is 41.2 Å². The first-order valence-electron chi connectivity index (χ1n) is 8.97. The summed E-state index contributed by atoms with van der Waals surface area (Å²) in [5, 5.41) is 1.01. The van der Waals surface area contributed by atoms with Crippen LogP contribution < -0.4 is 5.56 Å². The summed E-state index contributed by atoms with van der Waals surface area (Å²) in [6.07, 6.45) is 1.99. The van der Waals surface area contributed by atoms with Crippen molar-refractivity contribution in [1.29, 1.82) is 0 Å². The molecule has 0 bridgehead atoms. The second kappa shape index (κ2) is 6.65. The van der Waals surface area contributed by atoms with Crippen molar-refractivity contribution in [3.05, 3.63) is 58.0 Å². The van der Waals surface area contributed by atoms with Crippen molar-refractivity contribution in [2.24, 2.45) is 0 Å². The summed E-state index contributed by atoms with van der Waals surface area (Å²) in [7, 11) is 0. The van der Waals surface area contributed by atoms with E-state index in [-0.39, 0.29) is 5.56 Å². The summed E-state index contributed by atoms with van der Waals surface area (Å²) >= 11 is 1.46. The minimum atomic E-state index is 0.0438. The largest absolute Gasteiger partial charge is 0.291 e. The fourth-order valence-corrected chi connectivity index (χ4v) is 4.58. The van der Waals surface area contributed by atoms with Crippen molar-refractivity contribution in [2.45, 2.75) is 40.2 Å². The number of unbranched alkanes of at least 4 members (excludes halogenated alkanes) is 1. The Labute approximate surface area is 156 Å². The Morgan fingerprint density at radius 2 is 1.88 bits per heavy atom. The van der Waals surface area contributed by atoms with Crippen LogP contribution in [0.5, 0.6) is 0 Å². The van der Waals surface area contributed by atoms with Crippen LogP contribution in [0.25, 0.3) is 31.8 Å². The number of hydrogen-bond acceptors (Lipinski definition) is 4. The minimum Gasteiger partial charge on any atom is -0.291 e. The molecule has 0 spiro atoms. The summed E-state index contributed by atoms with van der Waals surface area (Å²) in [5.41, 5.74) is 3.89. The van der Waals surface area contributed by atoms with Crippen LogP contribution in [0, 0.1) is 13.8 Å². The van der Waals surface area contributed by atoms with Gasteiger partial charge in [0.05, 0.1) is 5.52 Å². The molecule has 132 valence electrons. The maximum atomic E-state index is 13.3. The highest BCUT2D eigenvalue weighted by Gasteiger charge is 2.18. The molecule has 0 fully saturated rings. The molecule has 3 aromatic heterocycles. The SMILES string of the molecule is CCCCn1c(-c2ccccc2)nc2c(sc3nc(C)cc(C)c32)c1=O. The Hall–Kier alpha value is -2.53. The van der Waals surface area contributed by atoms with E-state index in [4.69, 9.17) is 4.98 Å². The van der Waals surface area contributed by atoms with Crippen LogP contribution in [0.2, 0.25) is 0 Å². The Morgan fingerprint density at radius 1 is 1.12 bits per heavy atom. The van der Waals surface area contributed by atoms with Crippen molar-refractivity contribution in [1.82, 2.24) is 14.5 Å². The Morgan fingerprint density at radius 3 is 2.62 bits per heavy atom. The number of pyridine rings is 1. The molecule has 0 saturated carbocycles. The second-order valence-corrected chi connectivity index (χ2v) is 7.65. The van der Waals surface area contributed by atoms with E-state index >= 15 is 0 Å². The zero-order chi connectivity index (χ0) is 18.3. The predicted molar refractivity (Wildman–Crippen MR) is 109 cm³/mol. The smallest absolute Gasteiger partial charge is 0.271 e. The van der Waals surface area contributed by atoms with E-state index in [1.807, 2.05) is 41.8 Å². The summed E-state index contributed by atoms with van der Waals surface area (Å²) in [6, 6.07) is 12.0. The van der Waals surface area contributed by atoms with Crippen LogP contribution in [0.3, 0.4) is 0 Å². The van der Waals surface area contributed by atoms with Crippen molar-refractivity contribution >= 4 is 31.8 Å². The first kappa shape index (κ1) is 16.9. The summed E-state index contributed by atoms with van der Waals surface area (Å²) in [4.78, 5) is 23.8. The van der Waals surface area contributed by atoms with Crippen molar-refractivity contribution in [2.75, 3.05) is 0 Å². The summed E-state index contributed by atoms with van der Waals surface area (Å²) in [6.45, 7) is 6.87. The van der Waals surface area contributed by atoms with Gasteiger partial charge in [-0.05, 0) is 31.9 Å². The number of fused-ring (bicyclic) bond motifs is 3. The molecule has 0 aliphatic rings. The first-order chi connectivity index (χ1) is 12.6. The monoisotopic (exact) mass is 363 g/mol. The van der Waals surface area contributed by atoms with Crippen LogP contribution in [-0.4, -0.2) is 14.5 Å². The molecule has 3 heterocycles. The van der Waals surface area contributed by atoms with Gasteiger partial charge in [-0.15, -0.1) is 11.3 Å². The molecule has 0 saturated heterocycles. The highest BCUT2D eigenvalue weighted by atomic mass is 32.1. The van der Waals surface area contributed by atoms with Gasteiger partial charge in [0, 0.05) is 23.2 Å². The van der Waals surface area contributed by atoms with Gasteiger partial charge in [-0.25, -0.2) is 9.97 Å². The highest BCUT2D eigenvalue weighted by molar-refractivity contribution is 7.25. The standard InChI is InChI=1S/C21H21N3OS/c1-4-5-11-24-19(15-9-7-6-8-10-15)23-17-16-13(2)12-14(3)22-20(16)26-18(17)21(24)25/h6-10,12H,4-5,11H2,1-3H3. The number of nitrogens with zero attached hydrogens (tertiary/aromatic N) is 3. The molecular weight excluding hydrogens is 342 g/mol. The molecule has 4 rings (SSSR count). The molecular formula is C21H21N3OS.